The number of hydrogen-bond donors (Lipinski definition) is 3. The second-order valence-electron chi connectivity index (χ2n) is 4.09. The Kier molecular flexibility index (Phi) is 4.35. The van der Waals surface area contributed by atoms with Crippen molar-refractivity contribution < 1.29 is 20.1 Å². The van der Waals surface area contributed by atoms with Crippen LogP contribution in [0.25, 0.3) is 0 Å². The fourth-order valence-corrected chi connectivity index (χ4v) is 2.06. The third-order valence-corrected chi connectivity index (χ3v) is 2.92. The molecule has 1 saturated carbocycles. The molecule has 4 heteroatoms. The summed E-state index contributed by atoms with van der Waals surface area (Å²) in [6, 6.07) is 0. The number of rotatable bonds is 4. The maximum absolute atomic E-state index is 10.4. The Morgan fingerprint density at radius 1 is 1.21 bits per heavy atom. The molecule has 1 fully saturated rings. The van der Waals surface area contributed by atoms with Crippen molar-refractivity contribution in [3.05, 3.63) is 0 Å². The van der Waals surface area contributed by atoms with E-state index in [1.807, 2.05) is 0 Å². The van der Waals surface area contributed by atoms with Crippen molar-refractivity contribution in [2.24, 2.45) is 5.92 Å². The van der Waals surface area contributed by atoms with Gasteiger partial charge < -0.3 is 15.3 Å². The van der Waals surface area contributed by atoms with E-state index < -0.39 is 18.2 Å². The molecular weight excluding hydrogens is 184 g/mol. The third-order valence-electron chi connectivity index (χ3n) is 2.92. The van der Waals surface area contributed by atoms with Gasteiger partial charge in [-0.2, -0.15) is 0 Å². The normalized spacial score (nSPS) is 23.0. The smallest absolute Gasteiger partial charge is 0.335 e. The minimum Gasteiger partial charge on any atom is -0.479 e. The molecule has 82 valence electrons. The number of carboxylic acid groups (broad SMARTS) is 1. The summed E-state index contributed by atoms with van der Waals surface area (Å²) in [6.07, 6.45) is 3.29. The van der Waals surface area contributed by atoms with Crippen molar-refractivity contribution in [1.82, 2.24) is 0 Å². The number of hydrogen-bond acceptors (Lipinski definition) is 3. The molecule has 0 spiro atoms. The van der Waals surface area contributed by atoms with E-state index in [2.05, 4.69) is 0 Å². The van der Waals surface area contributed by atoms with Crippen molar-refractivity contribution in [3.8, 4) is 0 Å². The molecule has 0 aromatic rings. The molecule has 1 aliphatic carbocycles. The van der Waals surface area contributed by atoms with Gasteiger partial charge in [-0.15, -0.1) is 0 Å². The minimum atomic E-state index is -1.63. The quantitative estimate of drug-likeness (QED) is 0.629. The molecule has 0 saturated heterocycles. The monoisotopic (exact) mass is 202 g/mol. The van der Waals surface area contributed by atoms with Crippen LogP contribution in [0.1, 0.15) is 38.5 Å². The van der Waals surface area contributed by atoms with E-state index in [0.717, 1.165) is 25.7 Å². The van der Waals surface area contributed by atoms with Crippen LogP contribution in [0.2, 0.25) is 0 Å². The van der Waals surface area contributed by atoms with Gasteiger partial charge in [-0.1, -0.05) is 32.1 Å². The second-order valence-corrected chi connectivity index (χ2v) is 4.09. The highest BCUT2D eigenvalue weighted by Gasteiger charge is 2.26. The van der Waals surface area contributed by atoms with Crippen LogP contribution in [0.4, 0.5) is 0 Å². The molecule has 0 unspecified atom stereocenters. The van der Waals surface area contributed by atoms with Crippen LogP contribution in [0, 0.1) is 5.92 Å². The van der Waals surface area contributed by atoms with Crippen LogP contribution in [-0.2, 0) is 4.79 Å². The van der Waals surface area contributed by atoms with Crippen LogP contribution in [0.5, 0.6) is 0 Å². The molecule has 14 heavy (non-hydrogen) atoms. The first-order valence-corrected chi connectivity index (χ1v) is 5.20. The average Bonchev–Trinajstić information content (AvgIpc) is 2.18. The fourth-order valence-electron chi connectivity index (χ4n) is 2.06. The van der Waals surface area contributed by atoms with E-state index in [1.54, 1.807) is 0 Å². The largest absolute Gasteiger partial charge is 0.479 e. The summed E-state index contributed by atoms with van der Waals surface area (Å²) in [5.41, 5.74) is 0. The predicted octanol–water partition coefficient (Wildman–Crippen LogP) is 0.763. The van der Waals surface area contributed by atoms with Crippen LogP contribution >= 0.6 is 0 Å². The summed E-state index contributed by atoms with van der Waals surface area (Å²) in [6.45, 7) is 0. The van der Waals surface area contributed by atoms with Gasteiger partial charge in [-0.25, -0.2) is 4.79 Å². The molecule has 0 aliphatic heterocycles. The lowest BCUT2D eigenvalue weighted by Crippen LogP contribution is -2.35. The Labute approximate surface area is 83.6 Å². The van der Waals surface area contributed by atoms with E-state index >= 15 is 0 Å². The van der Waals surface area contributed by atoms with Crippen molar-refractivity contribution in [2.45, 2.75) is 50.7 Å². The van der Waals surface area contributed by atoms with Crippen LogP contribution in [0.3, 0.4) is 0 Å². The Morgan fingerprint density at radius 2 is 1.79 bits per heavy atom. The molecule has 1 rings (SSSR count). The zero-order valence-corrected chi connectivity index (χ0v) is 8.22. The van der Waals surface area contributed by atoms with Gasteiger partial charge in [0.15, 0.2) is 6.10 Å². The van der Waals surface area contributed by atoms with Gasteiger partial charge in [0, 0.05) is 0 Å². The summed E-state index contributed by atoms with van der Waals surface area (Å²) >= 11 is 0. The topological polar surface area (TPSA) is 77.8 Å². The second kappa shape index (κ2) is 5.32. The minimum absolute atomic E-state index is 0.382. The first-order chi connectivity index (χ1) is 6.61. The summed E-state index contributed by atoms with van der Waals surface area (Å²) in [7, 11) is 0. The Hall–Kier alpha value is -0.610. The molecule has 0 aromatic heterocycles. The summed E-state index contributed by atoms with van der Waals surface area (Å²) in [5.74, 6) is -0.957. The SMILES string of the molecule is O=C(O)[C@H](O)[C@@H](O)CC1CCCCC1. The Bertz CT molecular complexity index is 187. The summed E-state index contributed by atoms with van der Waals surface area (Å²) in [4.78, 5) is 10.4. The van der Waals surface area contributed by atoms with Crippen molar-refractivity contribution in [3.63, 3.8) is 0 Å². The number of aliphatic hydroxyl groups is 2. The molecule has 0 bridgehead atoms. The lowest BCUT2D eigenvalue weighted by molar-refractivity contribution is -0.153. The van der Waals surface area contributed by atoms with E-state index in [-0.39, 0.29) is 0 Å². The first kappa shape index (κ1) is 11.5. The highest BCUT2D eigenvalue weighted by molar-refractivity contribution is 5.72. The zero-order valence-electron chi connectivity index (χ0n) is 8.22. The number of aliphatic hydroxyl groups excluding tert-OH is 2. The Balaban J connectivity index is 2.31. The van der Waals surface area contributed by atoms with Crippen molar-refractivity contribution in [1.29, 1.82) is 0 Å². The zero-order chi connectivity index (χ0) is 10.6. The molecule has 2 atom stereocenters. The maximum atomic E-state index is 10.4. The van der Waals surface area contributed by atoms with Gasteiger partial charge in [0.05, 0.1) is 6.10 Å². The number of carboxylic acids is 1. The molecule has 0 aromatic carbocycles. The van der Waals surface area contributed by atoms with Gasteiger partial charge in [-0.3, -0.25) is 0 Å². The third kappa shape index (κ3) is 3.27. The molecular formula is C10H18O4. The van der Waals surface area contributed by atoms with Crippen LogP contribution < -0.4 is 0 Å². The van der Waals surface area contributed by atoms with Gasteiger partial charge in [0.2, 0.25) is 0 Å². The van der Waals surface area contributed by atoms with E-state index in [9.17, 15) is 9.90 Å². The molecule has 1 aliphatic rings. The maximum Gasteiger partial charge on any atom is 0.335 e. The highest BCUT2D eigenvalue weighted by Crippen LogP contribution is 2.27. The molecule has 3 N–H and O–H groups in total. The van der Waals surface area contributed by atoms with Gasteiger partial charge in [0.1, 0.15) is 0 Å². The molecule has 0 heterocycles. The molecule has 0 amide bonds. The number of carbonyl (C=O) groups is 1. The molecule has 4 nitrogen and oxygen atoms in total. The van der Waals surface area contributed by atoms with E-state index in [4.69, 9.17) is 10.2 Å². The lowest BCUT2D eigenvalue weighted by atomic mass is 9.84. The van der Waals surface area contributed by atoms with Gasteiger partial charge in [-0.05, 0) is 12.3 Å². The van der Waals surface area contributed by atoms with Gasteiger partial charge >= 0.3 is 5.97 Å². The predicted molar refractivity (Wildman–Crippen MR) is 50.8 cm³/mol. The average molecular weight is 202 g/mol. The summed E-state index contributed by atoms with van der Waals surface area (Å²) in [5, 5.41) is 27.0. The fraction of sp³-hybridized carbons (Fsp3) is 0.900. The van der Waals surface area contributed by atoms with E-state index in [1.165, 1.54) is 6.42 Å². The first-order valence-electron chi connectivity index (χ1n) is 5.20. The lowest BCUT2D eigenvalue weighted by Gasteiger charge is -2.24. The van der Waals surface area contributed by atoms with E-state index in [0.29, 0.717) is 12.3 Å². The van der Waals surface area contributed by atoms with Crippen molar-refractivity contribution in [2.75, 3.05) is 0 Å². The highest BCUT2D eigenvalue weighted by atomic mass is 16.4. The molecule has 0 radical (unpaired) electrons. The van der Waals surface area contributed by atoms with Crippen LogP contribution in [-0.4, -0.2) is 33.5 Å². The standard InChI is InChI=1S/C10H18O4/c11-8(9(12)10(13)14)6-7-4-2-1-3-5-7/h7-9,11-12H,1-6H2,(H,13,14)/t8-,9+/m0/s1. The Morgan fingerprint density at radius 3 is 2.29 bits per heavy atom. The summed E-state index contributed by atoms with van der Waals surface area (Å²) < 4.78 is 0. The number of aliphatic carboxylic acids is 1. The van der Waals surface area contributed by atoms with Crippen molar-refractivity contribution >= 4 is 5.97 Å². The van der Waals surface area contributed by atoms with Crippen LogP contribution in [0.15, 0.2) is 0 Å². The van der Waals surface area contributed by atoms with Gasteiger partial charge in [0.25, 0.3) is 0 Å².